The number of halogens is 2. The Hall–Kier alpha value is -1.46. The Bertz CT molecular complexity index is 336. The van der Waals surface area contributed by atoms with Crippen molar-refractivity contribution in [3.05, 3.63) is 17.5 Å². The van der Waals surface area contributed by atoms with Crippen molar-refractivity contribution in [3.8, 4) is 0 Å². The maximum absolute atomic E-state index is 11.7. The van der Waals surface area contributed by atoms with Gasteiger partial charge in [0, 0.05) is 5.69 Å². The number of aromatic nitrogens is 2. The molecule has 1 aromatic heterocycles. The van der Waals surface area contributed by atoms with Crippen molar-refractivity contribution in [2.45, 2.75) is 20.3 Å². The standard InChI is InChI=1S/C8H10F2N2O2/c1-5-3-6(2)12(11-5)8(13)14-4-7(9)10/h3,7H,4H2,1-2H3. The zero-order valence-corrected chi connectivity index (χ0v) is 7.83. The van der Waals surface area contributed by atoms with Crippen LogP contribution < -0.4 is 0 Å². The molecule has 0 aliphatic rings. The van der Waals surface area contributed by atoms with E-state index >= 15 is 0 Å². The molecule has 0 saturated carbocycles. The normalized spacial score (nSPS) is 10.6. The Morgan fingerprint density at radius 2 is 2.29 bits per heavy atom. The van der Waals surface area contributed by atoms with Crippen molar-refractivity contribution in [3.63, 3.8) is 0 Å². The van der Waals surface area contributed by atoms with Gasteiger partial charge in [0.25, 0.3) is 6.43 Å². The minimum absolute atomic E-state index is 0.557. The van der Waals surface area contributed by atoms with Crippen molar-refractivity contribution in [2.24, 2.45) is 0 Å². The van der Waals surface area contributed by atoms with Crippen LogP contribution in [0.2, 0.25) is 0 Å². The molecular formula is C8H10F2N2O2. The molecular weight excluding hydrogens is 194 g/mol. The molecule has 1 aromatic rings. The van der Waals surface area contributed by atoms with E-state index in [0.717, 1.165) is 4.68 Å². The SMILES string of the molecule is Cc1cc(C)n(C(=O)OCC(F)F)n1. The van der Waals surface area contributed by atoms with Crippen LogP contribution in [0, 0.1) is 13.8 Å². The van der Waals surface area contributed by atoms with E-state index in [1.165, 1.54) is 0 Å². The number of nitrogens with zero attached hydrogens (tertiary/aromatic N) is 2. The molecule has 4 nitrogen and oxygen atoms in total. The van der Waals surface area contributed by atoms with Crippen molar-refractivity contribution in [1.29, 1.82) is 0 Å². The molecule has 0 saturated heterocycles. The summed E-state index contributed by atoms with van der Waals surface area (Å²) in [5.41, 5.74) is 1.19. The maximum atomic E-state index is 11.7. The van der Waals surface area contributed by atoms with Crippen LogP contribution in [0.4, 0.5) is 13.6 Å². The Labute approximate surface area is 79.5 Å². The van der Waals surface area contributed by atoms with Gasteiger partial charge in [-0.1, -0.05) is 0 Å². The molecule has 0 aromatic carbocycles. The molecule has 6 heteroatoms. The first kappa shape index (κ1) is 10.6. The van der Waals surface area contributed by atoms with Crippen LogP contribution in [-0.4, -0.2) is 28.9 Å². The lowest BCUT2D eigenvalue weighted by molar-refractivity contribution is 0.0480. The fourth-order valence-electron chi connectivity index (χ4n) is 1.01. The Morgan fingerprint density at radius 3 is 2.71 bits per heavy atom. The Morgan fingerprint density at radius 1 is 1.64 bits per heavy atom. The first-order valence-corrected chi connectivity index (χ1v) is 3.99. The quantitative estimate of drug-likeness (QED) is 0.737. The summed E-state index contributed by atoms with van der Waals surface area (Å²) >= 11 is 0. The Kier molecular flexibility index (Phi) is 3.16. The summed E-state index contributed by atoms with van der Waals surface area (Å²) in [6.45, 7) is 2.44. The number of hydrogen-bond acceptors (Lipinski definition) is 3. The van der Waals surface area contributed by atoms with Gasteiger partial charge in [0.15, 0.2) is 6.61 Å². The third kappa shape index (κ3) is 2.51. The molecule has 78 valence electrons. The first-order valence-electron chi connectivity index (χ1n) is 3.99. The van der Waals surface area contributed by atoms with Gasteiger partial charge in [-0.25, -0.2) is 13.6 Å². The van der Waals surface area contributed by atoms with Gasteiger partial charge >= 0.3 is 6.09 Å². The summed E-state index contributed by atoms with van der Waals surface area (Å²) in [5, 5.41) is 3.79. The van der Waals surface area contributed by atoms with Crippen molar-refractivity contribution in [2.75, 3.05) is 6.61 Å². The van der Waals surface area contributed by atoms with Crippen LogP contribution in [0.15, 0.2) is 6.07 Å². The van der Waals surface area contributed by atoms with Gasteiger partial charge in [-0.05, 0) is 19.9 Å². The molecule has 0 spiro atoms. The predicted molar refractivity (Wildman–Crippen MR) is 44.5 cm³/mol. The fraction of sp³-hybridized carbons (Fsp3) is 0.500. The molecule has 0 aliphatic carbocycles. The van der Waals surface area contributed by atoms with E-state index < -0.39 is 19.1 Å². The Balaban J connectivity index is 2.65. The fourth-order valence-corrected chi connectivity index (χ4v) is 1.01. The van der Waals surface area contributed by atoms with Crippen LogP contribution in [0.5, 0.6) is 0 Å². The number of aryl methyl sites for hydroxylation is 2. The lowest BCUT2D eigenvalue weighted by atomic mass is 10.4. The van der Waals surface area contributed by atoms with Crippen molar-refractivity contribution in [1.82, 2.24) is 9.78 Å². The first-order chi connectivity index (χ1) is 6.50. The zero-order chi connectivity index (χ0) is 10.7. The molecule has 0 unspecified atom stereocenters. The van der Waals surface area contributed by atoms with E-state index in [1.807, 2.05) is 0 Å². The van der Waals surface area contributed by atoms with E-state index in [4.69, 9.17) is 0 Å². The third-order valence-corrected chi connectivity index (χ3v) is 1.52. The molecule has 0 atom stereocenters. The average molecular weight is 204 g/mol. The molecule has 0 radical (unpaired) electrons. The molecule has 0 N–H and O–H groups in total. The van der Waals surface area contributed by atoms with E-state index in [9.17, 15) is 13.6 Å². The highest BCUT2D eigenvalue weighted by Crippen LogP contribution is 2.03. The number of carbonyl (C=O) groups excluding carboxylic acids is 1. The van der Waals surface area contributed by atoms with E-state index in [2.05, 4.69) is 9.84 Å². The topological polar surface area (TPSA) is 44.1 Å². The summed E-state index contributed by atoms with van der Waals surface area (Å²) < 4.78 is 28.7. The second-order valence-corrected chi connectivity index (χ2v) is 2.81. The average Bonchev–Trinajstić information content (AvgIpc) is 2.41. The van der Waals surface area contributed by atoms with Crippen LogP contribution in [0.1, 0.15) is 11.4 Å². The van der Waals surface area contributed by atoms with Crippen molar-refractivity contribution < 1.29 is 18.3 Å². The van der Waals surface area contributed by atoms with Gasteiger partial charge in [-0.3, -0.25) is 0 Å². The summed E-state index contributed by atoms with van der Waals surface area (Å²) in [4.78, 5) is 11.1. The minimum Gasteiger partial charge on any atom is -0.442 e. The largest absolute Gasteiger partial charge is 0.442 e. The molecule has 0 fully saturated rings. The van der Waals surface area contributed by atoms with Crippen LogP contribution in [0.3, 0.4) is 0 Å². The third-order valence-electron chi connectivity index (χ3n) is 1.52. The second-order valence-electron chi connectivity index (χ2n) is 2.81. The van der Waals surface area contributed by atoms with Gasteiger partial charge in [-0.2, -0.15) is 9.78 Å². The summed E-state index contributed by atoms with van der Waals surface area (Å²) in [7, 11) is 0. The molecule has 0 bridgehead atoms. The van der Waals surface area contributed by atoms with Crippen molar-refractivity contribution >= 4 is 6.09 Å². The highest BCUT2D eigenvalue weighted by Gasteiger charge is 2.13. The number of ether oxygens (including phenoxy) is 1. The number of alkyl halides is 2. The monoisotopic (exact) mass is 204 g/mol. The second kappa shape index (κ2) is 4.17. The number of rotatable bonds is 2. The van der Waals surface area contributed by atoms with Crippen LogP contribution in [-0.2, 0) is 4.74 Å². The molecule has 0 aliphatic heterocycles. The molecule has 14 heavy (non-hydrogen) atoms. The number of hydrogen-bond donors (Lipinski definition) is 0. The van der Waals surface area contributed by atoms with E-state index in [-0.39, 0.29) is 0 Å². The predicted octanol–water partition coefficient (Wildman–Crippen LogP) is 1.75. The van der Waals surface area contributed by atoms with Gasteiger partial charge in [0.1, 0.15) is 0 Å². The lowest BCUT2D eigenvalue weighted by Gasteiger charge is -2.04. The molecule has 1 rings (SSSR count). The van der Waals surface area contributed by atoms with Gasteiger partial charge in [0.05, 0.1) is 5.69 Å². The highest BCUT2D eigenvalue weighted by atomic mass is 19.3. The summed E-state index contributed by atoms with van der Waals surface area (Å²) in [6.07, 6.45) is -3.54. The van der Waals surface area contributed by atoms with Gasteiger partial charge < -0.3 is 4.74 Å². The summed E-state index contributed by atoms with van der Waals surface area (Å²) in [5.74, 6) is 0. The highest BCUT2D eigenvalue weighted by molar-refractivity contribution is 5.70. The van der Waals surface area contributed by atoms with E-state index in [0.29, 0.717) is 11.4 Å². The van der Waals surface area contributed by atoms with Gasteiger partial charge in [-0.15, -0.1) is 0 Å². The smallest absolute Gasteiger partial charge is 0.435 e. The lowest BCUT2D eigenvalue weighted by Crippen LogP contribution is -2.19. The molecule has 1 heterocycles. The van der Waals surface area contributed by atoms with E-state index in [1.54, 1.807) is 19.9 Å². The number of carbonyl (C=O) groups is 1. The maximum Gasteiger partial charge on any atom is 0.435 e. The zero-order valence-electron chi connectivity index (χ0n) is 7.83. The molecule has 0 amide bonds. The summed E-state index contributed by atoms with van der Waals surface area (Å²) in [6, 6.07) is 1.66. The van der Waals surface area contributed by atoms with Crippen LogP contribution >= 0.6 is 0 Å². The minimum atomic E-state index is -2.66. The van der Waals surface area contributed by atoms with Gasteiger partial charge in [0.2, 0.25) is 0 Å². The van der Waals surface area contributed by atoms with Crippen LogP contribution in [0.25, 0.3) is 0 Å².